The minimum Gasteiger partial charge on any atom is -0.461 e. The van der Waals surface area contributed by atoms with Crippen LogP contribution in [0.15, 0.2) is 35.3 Å². The molecule has 0 aliphatic heterocycles. The number of aryl methyl sites for hydroxylation is 2. The number of hydrogen-bond donors (Lipinski definition) is 3. The average Bonchev–Trinajstić information content (AvgIpc) is 3.42. The van der Waals surface area contributed by atoms with Gasteiger partial charge in [0.05, 0.1) is 17.1 Å². The number of aliphatic hydroxyl groups is 1. The molecule has 3 aromatic rings. The molecule has 1 aliphatic carbocycles. The van der Waals surface area contributed by atoms with Crippen LogP contribution in [-0.4, -0.2) is 43.9 Å². The first-order valence-corrected chi connectivity index (χ1v) is 11.7. The normalized spacial score (nSPS) is 16.2. The number of nitrogens with one attached hydrogen (secondary N) is 2. The van der Waals surface area contributed by atoms with Gasteiger partial charge in [0, 0.05) is 30.4 Å². The second kappa shape index (κ2) is 9.89. The maximum atomic E-state index is 12.6. The summed E-state index contributed by atoms with van der Waals surface area (Å²) in [6.07, 6.45) is 4.74. The van der Waals surface area contributed by atoms with Gasteiger partial charge >= 0.3 is 5.97 Å². The molecule has 1 fully saturated rings. The van der Waals surface area contributed by atoms with E-state index in [9.17, 15) is 14.7 Å². The largest absolute Gasteiger partial charge is 0.461 e. The summed E-state index contributed by atoms with van der Waals surface area (Å²) in [5, 5.41) is 13.3. The standard InChI is InChI=1S/C25H32N4O4/c1-4-29-21-10-9-17(12-20(21)28-23(29)18-11-15(2)24(31)27-14-18)13-26-22(16(3)30)25(32)33-19-7-5-6-8-19/h9-12,14,16,19,22,26,30H,4-8,13H2,1-3H3,(H,27,31). The van der Waals surface area contributed by atoms with E-state index in [2.05, 4.69) is 21.8 Å². The maximum Gasteiger partial charge on any atom is 0.326 e. The molecule has 2 atom stereocenters. The molecule has 2 aromatic heterocycles. The maximum absolute atomic E-state index is 12.6. The molecule has 8 heteroatoms. The fourth-order valence-electron chi connectivity index (χ4n) is 4.47. The minimum atomic E-state index is -0.864. The molecule has 0 amide bonds. The Hall–Kier alpha value is -2.97. The highest BCUT2D eigenvalue weighted by molar-refractivity contribution is 5.81. The van der Waals surface area contributed by atoms with Crippen LogP contribution in [0.3, 0.4) is 0 Å². The number of rotatable bonds is 8. The van der Waals surface area contributed by atoms with Crippen LogP contribution in [0.5, 0.6) is 0 Å². The lowest BCUT2D eigenvalue weighted by atomic mass is 10.1. The van der Waals surface area contributed by atoms with Crippen molar-refractivity contribution in [2.75, 3.05) is 0 Å². The molecule has 0 spiro atoms. The van der Waals surface area contributed by atoms with Crippen LogP contribution >= 0.6 is 0 Å². The van der Waals surface area contributed by atoms with Crippen molar-refractivity contribution in [3.05, 3.63) is 51.9 Å². The third-order valence-electron chi connectivity index (χ3n) is 6.32. The SMILES string of the molecule is CCn1c(-c2c[nH]c(=O)c(C)c2)nc2cc(CNC(C(=O)OC3CCCC3)C(C)O)ccc21. The van der Waals surface area contributed by atoms with Crippen LogP contribution < -0.4 is 10.9 Å². The Morgan fingerprint density at radius 3 is 2.76 bits per heavy atom. The molecule has 1 saturated carbocycles. The van der Waals surface area contributed by atoms with E-state index in [4.69, 9.17) is 9.72 Å². The monoisotopic (exact) mass is 452 g/mol. The first-order chi connectivity index (χ1) is 15.9. The minimum absolute atomic E-state index is 0.0371. The van der Waals surface area contributed by atoms with Gasteiger partial charge in [-0.3, -0.25) is 14.9 Å². The fraction of sp³-hybridized carbons (Fsp3) is 0.480. The first kappa shape index (κ1) is 23.2. The number of aliphatic hydroxyl groups excluding tert-OH is 1. The number of H-pyrrole nitrogens is 1. The van der Waals surface area contributed by atoms with E-state index in [0.29, 0.717) is 12.1 Å². The number of carbonyl (C=O) groups is 1. The summed E-state index contributed by atoms with van der Waals surface area (Å²) < 4.78 is 7.70. The molecular formula is C25H32N4O4. The van der Waals surface area contributed by atoms with Gasteiger partial charge < -0.3 is 19.4 Å². The van der Waals surface area contributed by atoms with E-state index < -0.39 is 18.1 Å². The number of ether oxygens (including phenoxy) is 1. The topological polar surface area (TPSA) is 109 Å². The first-order valence-electron chi connectivity index (χ1n) is 11.7. The number of aromatic nitrogens is 3. The molecule has 3 N–H and O–H groups in total. The Bertz CT molecular complexity index is 1190. The molecule has 2 heterocycles. The van der Waals surface area contributed by atoms with Crippen LogP contribution in [-0.2, 0) is 22.6 Å². The van der Waals surface area contributed by atoms with Crippen LogP contribution in [0, 0.1) is 6.92 Å². The molecule has 2 unspecified atom stereocenters. The lowest BCUT2D eigenvalue weighted by Crippen LogP contribution is -2.46. The van der Waals surface area contributed by atoms with Gasteiger partial charge in [0.1, 0.15) is 18.0 Å². The van der Waals surface area contributed by atoms with Gasteiger partial charge in [0.2, 0.25) is 0 Å². The number of pyridine rings is 1. The second-order valence-corrected chi connectivity index (χ2v) is 8.85. The number of benzene rings is 1. The number of hydrogen-bond acceptors (Lipinski definition) is 6. The van der Waals surface area contributed by atoms with Crippen molar-refractivity contribution in [3.8, 4) is 11.4 Å². The quantitative estimate of drug-likeness (QED) is 0.453. The highest BCUT2D eigenvalue weighted by Crippen LogP contribution is 2.26. The van der Waals surface area contributed by atoms with Crippen LogP contribution in [0.4, 0.5) is 0 Å². The number of aromatic amines is 1. The summed E-state index contributed by atoms with van der Waals surface area (Å²) >= 11 is 0. The molecule has 176 valence electrons. The van der Waals surface area contributed by atoms with Gasteiger partial charge in [0.15, 0.2) is 0 Å². The Kier molecular flexibility index (Phi) is 6.95. The summed E-state index contributed by atoms with van der Waals surface area (Å²) in [6, 6.07) is 7.05. The lowest BCUT2D eigenvalue weighted by molar-refractivity contribution is -0.154. The van der Waals surface area contributed by atoms with Gasteiger partial charge in [-0.05, 0) is 70.2 Å². The van der Waals surface area contributed by atoms with E-state index >= 15 is 0 Å². The van der Waals surface area contributed by atoms with Crippen molar-refractivity contribution in [2.45, 2.75) is 77.8 Å². The van der Waals surface area contributed by atoms with E-state index in [-0.39, 0.29) is 11.7 Å². The number of esters is 1. The summed E-state index contributed by atoms with van der Waals surface area (Å²) in [5.41, 5.74) is 4.16. The predicted octanol–water partition coefficient (Wildman–Crippen LogP) is 3.04. The predicted molar refractivity (Wildman–Crippen MR) is 127 cm³/mol. The van der Waals surface area contributed by atoms with E-state index in [1.807, 2.05) is 24.3 Å². The van der Waals surface area contributed by atoms with Gasteiger partial charge in [-0.1, -0.05) is 6.07 Å². The van der Waals surface area contributed by atoms with Crippen molar-refractivity contribution >= 4 is 17.0 Å². The Morgan fingerprint density at radius 1 is 1.33 bits per heavy atom. The van der Waals surface area contributed by atoms with Crippen molar-refractivity contribution in [1.29, 1.82) is 0 Å². The molecular weight excluding hydrogens is 420 g/mol. The van der Waals surface area contributed by atoms with E-state index in [1.54, 1.807) is 20.0 Å². The Labute approximate surface area is 193 Å². The van der Waals surface area contributed by atoms with Gasteiger partial charge in [-0.2, -0.15) is 0 Å². The van der Waals surface area contributed by atoms with Crippen LogP contribution in [0.2, 0.25) is 0 Å². The molecule has 4 rings (SSSR count). The van der Waals surface area contributed by atoms with E-state index in [1.165, 1.54) is 0 Å². The van der Waals surface area contributed by atoms with Crippen molar-refractivity contribution in [3.63, 3.8) is 0 Å². The number of nitrogens with zero attached hydrogens (tertiary/aromatic N) is 2. The molecule has 8 nitrogen and oxygen atoms in total. The number of fused-ring (bicyclic) bond motifs is 1. The number of carbonyl (C=O) groups excluding carboxylic acids is 1. The van der Waals surface area contributed by atoms with Gasteiger partial charge in [-0.15, -0.1) is 0 Å². The third-order valence-corrected chi connectivity index (χ3v) is 6.32. The Balaban J connectivity index is 1.54. The molecule has 33 heavy (non-hydrogen) atoms. The van der Waals surface area contributed by atoms with Gasteiger partial charge in [0.25, 0.3) is 5.56 Å². The van der Waals surface area contributed by atoms with Crippen molar-refractivity contribution in [2.24, 2.45) is 0 Å². The lowest BCUT2D eigenvalue weighted by Gasteiger charge is -2.22. The zero-order valence-corrected chi connectivity index (χ0v) is 19.4. The fourth-order valence-corrected chi connectivity index (χ4v) is 4.47. The van der Waals surface area contributed by atoms with E-state index in [0.717, 1.165) is 60.2 Å². The molecule has 1 aromatic carbocycles. The molecule has 0 saturated heterocycles. The summed E-state index contributed by atoms with van der Waals surface area (Å²) in [4.78, 5) is 31.9. The van der Waals surface area contributed by atoms with Gasteiger partial charge in [-0.25, -0.2) is 4.98 Å². The molecule has 0 bridgehead atoms. The van der Waals surface area contributed by atoms with Crippen molar-refractivity contribution in [1.82, 2.24) is 19.9 Å². The summed E-state index contributed by atoms with van der Waals surface area (Å²) in [7, 11) is 0. The highest BCUT2D eigenvalue weighted by Gasteiger charge is 2.28. The van der Waals surface area contributed by atoms with Crippen LogP contribution in [0.25, 0.3) is 22.4 Å². The van der Waals surface area contributed by atoms with Crippen LogP contribution in [0.1, 0.15) is 50.7 Å². The molecule has 0 radical (unpaired) electrons. The number of imidazole rings is 1. The zero-order chi connectivity index (χ0) is 23.5. The Morgan fingerprint density at radius 2 is 2.09 bits per heavy atom. The smallest absolute Gasteiger partial charge is 0.326 e. The third kappa shape index (κ3) is 5.02. The zero-order valence-electron chi connectivity index (χ0n) is 19.4. The summed E-state index contributed by atoms with van der Waals surface area (Å²) in [5.74, 6) is 0.392. The second-order valence-electron chi connectivity index (χ2n) is 8.85. The highest BCUT2D eigenvalue weighted by atomic mass is 16.5. The molecule has 1 aliphatic rings. The van der Waals surface area contributed by atoms with Crippen molar-refractivity contribution < 1.29 is 14.6 Å². The summed E-state index contributed by atoms with van der Waals surface area (Å²) in [6.45, 7) is 6.57. The average molecular weight is 453 g/mol.